The molecule has 0 aliphatic heterocycles. The van der Waals surface area contributed by atoms with Crippen LogP contribution in [0.15, 0.2) is 60.2 Å². The molecule has 0 spiro atoms. The van der Waals surface area contributed by atoms with Crippen molar-refractivity contribution in [3.63, 3.8) is 0 Å². The maximum atomic E-state index is 9.33. The Labute approximate surface area is 155 Å². The minimum Gasteiger partial charge on any atom is -0.497 e. The van der Waals surface area contributed by atoms with Crippen molar-refractivity contribution in [1.29, 1.82) is 10.5 Å². The van der Waals surface area contributed by atoms with Crippen molar-refractivity contribution in [1.82, 2.24) is 0 Å². The van der Waals surface area contributed by atoms with Crippen LogP contribution in [0, 0.1) is 28.6 Å². The highest BCUT2D eigenvalue weighted by molar-refractivity contribution is 6.01. The normalized spacial score (nSPS) is 14.9. The minimum atomic E-state index is 0.0233. The highest BCUT2D eigenvalue weighted by Crippen LogP contribution is 2.34. The number of nitriles is 2. The van der Waals surface area contributed by atoms with Gasteiger partial charge >= 0.3 is 5.78 Å². The van der Waals surface area contributed by atoms with Gasteiger partial charge in [0, 0.05) is 25.0 Å². The van der Waals surface area contributed by atoms with Crippen molar-refractivity contribution in [3.8, 4) is 17.9 Å². The predicted octanol–water partition coefficient (Wildman–Crippen LogP) is 4.40. The Balaban J connectivity index is 2.33. The first-order valence-corrected chi connectivity index (χ1v) is 8.58. The number of allylic oxidation sites excluding steroid dienone is 6. The Morgan fingerprint density at radius 1 is 1.08 bits per heavy atom. The third-order valence-corrected chi connectivity index (χ3v) is 4.48. The summed E-state index contributed by atoms with van der Waals surface area (Å²) in [5.41, 5.74) is 2.16. The fourth-order valence-corrected chi connectivity index (χ4v) is 3.08. The molecule has 1 aliphatic carbocycles. The number of benzene rings is 1. The van der Waals surface area contributed by atoms with Gasteiger partial charge in [-0.2, -0.15) is 10.5 Å². The van der Waals surface area contributed by atoms with Crippen LogP contribution >= 0.6 is 0 Å². The van der Waals surface area contributed by atoms with Gasteiger partial charge in [-0.25, -0.2) is 0 Å². The fourth-order valence-electron chi connectivity index (χ4n) is 3.08. The number of hydrogen-bond acceptors (Lipinski definition) is 3. The minimum absolute atomic E-state index is 0.0233. The van der Waals surface area contributed by atoms with Gasteiger partial charge in [-0.1, -0.05) is 18.2 Å². The molecular weight excluding hydrogens is 324 g/mol. The first-order chi connectivity index (χ1) is 12.7. The number of methoxy groups -OCH3 is 1. The van der Waals surface area contributed by atoms with Gasteiger partial charge < -0.3 is 4.74 Å². The van der Waals surface area contributed by atoms with E-state index in [2.05, 4.69) is 18.2 Å². The summed E-state index contributed by atoms with van der Waals surface area (Å²) in [7, 11) is 3.27. The van der Waals surface area contributed by atoms with Crippen LogP contribution < -0.4 is 4.74 Å². The quantitative estimate of drug-likeness (QED) is 0.687. The van der Waals surface area contributed by atoms with Gasteiger partial charge in [0.2, 0.25) is 0 Å². The van der Waals surface area contributed by atoms with Crippen LogP contribution in [-0.2, 0) is 4.42 Å². The molecule has 1 aromatic rings. The molecule has 26 heavy (non-hydrogen) atoms. The fraction of sp³-hybridized carbons (Fsp3) is 0.318. The van der Waals surface area contributed by atoms with Gasteiger partial charge in [-0.3, -0.25) is 4.42 Å². The van der Waals surface area contributed by atoms with Gasteiger partial charge in [0.25, 0.3) is 7.11 Å². The van der Waals surface area contributed by atoms with Crippen molar-refractivity contribution >= 4 is 5.78 Å². The molecule has 2 unspecified atom stereocenters. The lowest BCUT2D eigenvalue weighted by atomic mass is 9.80. The molecule has 0 aromatic heterocycles. The van der Waals surface area contributed by atoms with E-state index < -0.39 is 0 Å². The highest BCUT2D eigenvalue weighted by Gasteiger charge is 2.22. The summed E-state index contributed by atoms with van der Waals surface area (Å²) < 4.78 is 10.4. The predicted molar refractivity (Wildman–Crippen MR) is 102 cm³/mol. The lowest BCUT2D eigenvalue weighted by Gasteiger charge is -2.23. The molecule has 2 rings (SSSR count). The highest BCUT2D eigenvalue weighted by atomic mass is 16.5. The summed E-state index contributed by atoms with van der Waals surface area (Å²) in [5.74, 6) is 1.72. The molecule has 0 radical (unpaired) electrons. The van der Waals surface area contributed by atoms with Crippen molar-refractivity contribution in [2.45, 2.75) is 25.2 Å². The molecule has 0 saturated carbocycles. The van der Waals surface area contributed by atoms with Gasteiger partial charge in [0.05, 0.1) is 19.2 Å². The van der Waals surface area contributed by atoms with E-state index in [1.54, 1.807) is 14.2 Å². The average molecular weight is 347 g/mol. The van der Waals surface area contributed by atoms with Crippen LogP contribution in [0.4, 0.5) is 0 Å². The second kappa shape index (κ2) is 10.0. The molecule has 132 valence electrons. The Morgan fingerprint density at radius 2 is 1.77 bits per heavy atom. The zero-order chi connectivity index (χ0) is 18.8. The van der Waals surface area contributed by atoms with Crippen LogP contribution in [0.2, 0.25) is 0 Å². The summed E-state index contributed by atoms with van der Waals surface area (Å²) in [6.07, 6.45) is 11.5. The monoisotopic (exact) mass is 347 g/mol. The molecule has 4 nitrogen and oxygen atoms in total. The molecule has 0 saturated heterocycles. The Kier molecular flexibility index (Phi) is 7.40. The van der Waals surface area contributed by atoms with E-state index in [1.807, 2.05) is 48.6 Å². The maximum Gasteiger partial charge on any atom is 0.343 e. The molecule has 1 aromatic carbocycles. The van der Waals surface area contributed by atoms with Crippen LogP contribution in [0.1, 0.15) is 30.7 Å². The molecule has 0 heterocycles. The average Bonchev–Trinajstić information content (AvgIpc) is 2.69. The molecule has 0 amide bonds. The number of rotatable bonds is 7. The van der Waals surface area contributed by atoms with E-state index in [-0.39, 0.29) is 11.8 Å². The molecule has 2 atom stereocenters. The van der Waals surface area contributed by atoms with Crippen LogP contribution in [0.3, 0.4) is 0 Å². The first-order valence-electron chi connectivity index (χ1n) is 8.58. The molecule has 4 heteroatoms. The molecule has 0 fully saturated rings. The van der Waals surface area contributed by atoms with Crippen molar-refractivity contribution in [3.05, 3.63) is 65.8 Å². The lowest BCUT2D eigenvalue weighted by Crippen LogP contribution is -2.12. The Bertz CT molecular complexity index is 784. The number of carbonyl (C=O) groups excluding carboxylic acids is 1. The molecule has 1 aliphatic rings. The summed E-state index contributed by atoms with van der Waals surface area (Å²) in [6, 6.07) is 12.4. The Morgan fingerprint density at radius 3 is 2.31 bits per heavy atom. The third-order valence-electron chi connectivity index (χ3n) is 4.48. The lowest BCUT2D eigenvalue weighted by molar-refractivity contribution is -0.417. The zero-order valence-electron chi connectivity index (χ0n) is 15.2. The van der Waals surface area contributed by atoms with Crippen molar-refractivity contribution in [2.75, 3.05) is 14.2 Å². The summed E-state index contributed by atoms with van der Waals surface area (Å²) in [6.45, 7) is 0. The van der Waals surface area contributed by atoms with Gasteiger partial charge in [-0.15, -0.1) is 0 Å². The SMILES string of the molecule is COc1ccc(C(CCC#N)C(C=C2C=CC(=[O+]C)C=C2)CC#N)cc1. The second-order valence-corrected chi connectivity index (χ2v) is 6.04. The van der Waals surface area contributed by atoms with Crippen LogP contribution in [0.25, 0.3) is 0 Å². The van der Waals surface area contributed by atoms with Crippen LogP contribution in [-0.4, -0.2) is 20.0 Å². The summed E-state index contributed by atoms with van der Waals surface area (Å²) in [5, 5.41) is 18.4. The van der Waals surface area contributed by atoms with E-state index in [0.717, 1.165) is 22.7 Å². The molecular formula is C22H23N2O2+. The second-order valence-electron chi connectivity index (χ2n) is 6.04. The van der Waals surface area contributed by atoms with Gasteiger partial charge in [-0.05, 0) is 53.7 Å². The van der Waals surface area contributed by atoms with Gasteiger partial charge in [0.1, 0.15) is 5.75 Å². The first kappa shape index (κ1) is 19.2. The Hall–Kier alpha value is -3.11. The van der Waals surface area contributed by atoms with E-state index in [0.29, 0.717) is 19.3 Å². The van der Waals surface area contributed by atoms with Gasteiger partial charge in [0.15, 0.2) is 0 Å². The van der Waals surface area contributed by atoms with Crippen molar-refractivity contribution < 1.29 is 9.16 Å². The summed E-state index contributed by atoms with van der Waals surface area (Å²) >= 11 is 0. The number of hydrogen-bond donors (Lipinski definition) is 0. The van der Waals surface area contributed by atoms with E-state index in [9.17, 15) is 5.26 Å². The van der Waals surface area contributed by atoms with E-state index in [4.69, 9.17) is 14.4 Å². The molecule has 0 N–H and O–H groups in total. The molecule has 0 bridgehead atoms. The maximum absolute atomic E-state index is 9.33. The third kappa shape index (κ3) is 5.19. The zero-order valence-corrected chi connectivity index (χ0v) is 15.2. The smallest absolute Gasteiger partial charge is 0.343 e. The number of ether oxygens (including phenoxy) is 1. The largest absolute Gasteiger partial charge is 0.497 e. The van der Waals surface area contributed by atoms with Crippen LogP contribution in [0.5, 0.6) is 5.75 Å². The number of nitrogens with zero attached hydrogens (tertiary/aromatic N) is 2. The standard InChI is InChI=1S/C22H23N2O2/c1-25-20-9-5-17(6-10-20)16-19(13-15-24)22(4-3-14-23)18-7-11-21(26-2)12-8-18/h5-12,16,19,22H,3-4,13H2,1-2H3/q+1. The summed E-state index contributed by atoms with van der Waals surface area (Å²) in [4.78, 5) is 0. The van der Waals surface area contributed by atoms with Crippen molar-refractivity contribution in [2.24, 2.45) is 5.92 Å². The number of ketones is 1. The van der Waals surface area contributed by atoms with E-state index in [1.165, 1.54) is 0 Å². The van der Waals surface area contributed by atoms with E-state index >= 15 is 0 Å². The topological polar surface area (TPSA) is 68.1 Å².